The second-order valence-electron chi connectivity index (χ2n) is 7.06. The van der Waals surface area contributed by atoms with Crippen molar-refractivity contribution in [2.45, 2.75) is 13.0 Å². The largest absolute Gasteiger partial charge is 0.464 e. The summed E-state index contributed by atoms with van der Waals surface area (Å²) in [6.07, 6.45) is 10.8. The van der Waals surface area contributed by atoms with Gasteiger partial charge in [-0.2, -0.15) is 0 Å². The van der Waals surface area contributed by atoms with E-state index < -0.39 is 11.9 Å². The Balaban J connectivity index is 1.34. The number of benzene rings is 1. The fraction of sp³-hybridized carbons (Fsp3) is 0.130. The van der Waals surface area contributed by atoms with Crippen molar-refractivity contribution in [1.82, 2.24) is 24.5 Å². The number of amides is 1. The van der Waals surface area contributed by atoms with Crippen LogP contribution in [-0.4, -0.2) is 43.0 Å². The number of esters is 1. The first-order valence-corrected chi connectivity index (χ1v) is 11.1. The Kier molecular flexibility index (Phi) is 7.56. The summed E-state index contributed by atoms with van der Waals surface area (Å²) in [5.41, 5.74) is 1.47. The number of imidazole rings is 1. The Bertz CT molecular complexity index is 1330. The smallest absolute Gasteiger partial charge is 0.309 e. The predicted molar refractivity (Wildman–Crippen MR) is 130 cm³/mol. The molecule has 0 aliphatic rings. The molecule has 0 saturated heterocycles. The van der Waals surface area contributed by atoms with Crippen LogP contribution < -0.4 is 10.6 Å². The molecule has 0 unspecified atom stereocenters. The molecule has 0 bridgehead atoms. The number of carbonyl (C=O) groups is 2. The Morgan fingerprint density at radius 1 is 1.18 bits per heavy atom. The number of nitrogens with one attached hydrogen (secondary N) is 2. The van der Waals surface area contributed by atoms with Crippen LogP contribution >= 0.6 is 15.9 Å². The zero-order valence-corrected chi connectivity index (χ0v) is 19.5. The van der Waals surface area contributed by atoms with Gasteiger partial charge in [-0.05, 0) is 30.3 Å². The maximum absolute atomic E-state index is 12.3. The number of anilines is 3. The molecule has 1 amide bonds. The van der Waals surface area contributed by atoms with Gasteiger partial charge >= 0.3 is 5.97 Å². The van der Waals surface area contributed by atoms with Gasteiger partial charge in [-0.15, -0.1) is 0 Å². The normalized spacial score (nSPS) is 11.0. The number of ether oxygens (including phenoxy) is 1. The molecule has 11 heteroatoms. The molecule has 10 nitrogen and oxygen atoms in total. The number of nitrogens with zero attached hydrogens (tertiary/aromatic N) is 5. The molecule has 0 spiro atoms. The predicted octanol–water partition coefficient (Wildman–Crippen LogP) is 3.86. The highest BCUT2D eigenvalue weighted by atomic mass is 79.9. The third-order valence-electron chi connectivity index (χ3n) is 4.59. The van der Waals surface area contributed by atoms with Crippen molar-refractivity contribution < 1.29 is 14.3 Å². The van der Waals surface area contributed by atoms with Crippen molar-refractivity contribution in [3.8, 4) is 0 Å². The fourth-order valence-electron chi connectivity index (χ4n) is 3.00. The lowest BCUT2D eigenvalue weighted by atomic mass is 10.2. The summed E-state index contributed by atoms with van der Waals surface area (Å²) >= 11 is 3.44. The van der Waals surface area contributed by atoms with Crippen molar-refractivity contribution in [3.05, 3.63) is 78.2 Å². The second-order valence-corrected chi connectivity index (χ2v) is 7.98. The van der Waals surface area contributed by atoms with Gasteiger partial charge in [0.05, 0.1) is 31.0 Å². The topological polar surface area (TPSA) is 124 Å². The van der Waals surface area contributed by atoms with E-state index in [4.69, 9.17) is 4.74 Å². The van der Waals surface area contributed by atoms with Crippen molar-refractivity contribution >= 4 is 56.0 Å². The zero-order chi connectivity index (χ0) is 23.8. The molecular formula is C23H20BrN7O3. The molecule has 0 saturated carbocycles. The van der Waals surface area contributed by atoms with E-state index in [2.05, 4.69) is 46.5 Å². The van der Waals surface area contributed by atoms with Crippen LogP contribution in [0.4, 0.5) is 17.3 Å². The van der Waals surface area contributed by atoms with Crippen LogP contribution in [0, 0.1) is 0 Å². The Labute approximate surface area is 203 Å². The molecule has 3 heterocycles. The van der Waals surface area contributed by atoms with Gasteiger partial charge in [-0.25, -0.2) is 19.9 Å². The minimum Gasteiger partial charge on any atom is -0.464 e. The lowest BCUT2D eigenvalue weighted by Gasteiger charge is -2.09. The molecule has 4 rings (SSSR count). The van der Waals surface area contributed by atoms with E-state index in [0.717, 1.165) is 10.2 Å². The lowest BCUT2D eigenvalue weighted by molar-refractivity contribution is -0.142. The average molecular weight is 522 g/mol. The van der Waals surface area contributed by atoms with Crippen molar-refractivity contribution in [2.75, 3.05) is 17.2 Å². The van der Waals surface area contributed by atoms with Gasteiger partial charge in [0.15, 0.2) is 0 Å². The zero-order valence-electron chi connectivity index (χ0n) is 17.9. The highest BCUT2D eigenvalue weighted by Crippen LogP contribution is 2.25. The molecule has 4 aromatic rings. The molecule has 0 atom stereocenters. The van der Waals surface area contributed by atoms with Crippen LogP contribution in [0.2, 0.25) is 0 Å². The van der Waals surface area contributed by atoms with E-state index in [1.54, 1.807) is 35.6 Å². The van der Waals surface area contributed by atoms with Crippen molar-refractivity contribution in [1.29, 1.82) is 0 Å². The van der Waals surface area contributed by atoms with E-state index in [9.17, 15) is 9.59 Å². The van der Waals surface area contributed by atoms with Gasteiger partial charge in [0, 0.05) is 27.9 Å². The second kappa shape index (κ2) is 11.1. The molecule has 172 valence electrons. The molecule has 2 N–H and O–H groups in total. The van der Waals surface area contributed by atoms with E-state index in [-0.39, 0.29) is 13.0 Å². The number of carbonyl (C=O) groups excluding carboxylic acids is 2. The maximum atomic E-state index is 12.3. The van der Waals surface area contributed by atoms with Gasteiger partial charge in [-0.3, -0.25) is 9.59 Å². The standard InChI is InChI=1S/C23H20BrN7O3/c24-16-3-1-4-17(11-16)29-23-18-12-20(26-13-19(18)27-14-28-23)30-21(32)5-2-6-22(33)34-10-9-31-8-7-25-15-31/h1-5,7-8,11-15H,6,9-10H2,(H,26,30,32)(H,27,28,29)/b5-2+. The Morgan fingerprint density at radius 2 is 2.09 bits per heavy atom. The highest BCUT2D eigenvalue weighted by molar-refractivity contribution is 9.10. The summed E-state index contributed by atoms with van der Waals surface area (Å²) in [6, 6.07) is 9.35. The van der Waals surface area contributed by atoms with Gasteiger partial charge < -0.3 is 19.9 Å². The van der Waals surface area contributed by atoms with Gasteiger partial charge in [0.25, 0.3) is 0 Å². The molecule has 0 aliphatic heterocycles. The molecular weight excluding hydrogens is 502 g/mol. The SMILES string of the molecule is O=C(/C=C/CC(=O)OCCn1ccnc1)Nc1cc2c(Nc3cccc(Br)c3)ncnc2cn1. The Hall–Kier alpha value is -4.12. The summed E-state index contributed by atoms with van der Waals surface area (Å²) in [7, 11) is 0. The van der Waals surface area contributed by atoms with Crippen LogP contribution in [-0.2, 0) is 20.9 Å². The first-order chi connectivity index (χ1) is 16.6. The van der Waals surface area contributed by atoms with Gasteiger partial charge in [-0.1, -0.05) is 28.1 Å². The maximum Gasteiger partial charge on any atom is 0.309 e. The minimum atomic E-state index is -0.423. The fourth-order valence-corrected chi connectivity index (χ4v) is 3.40. The van der Waals surface area contributed by atoms with Crippen LogP contribution in [0.15, 0.2) is 78.2 Å². The molecule has 0 radical (unpaired) electrons. The number of fused-ring (bicyclic) bond motifs is 1. The summed E-state index contributed by atoms with van der Waals surface area (Å²) in [6.45, 7) is 0.750. The molecule has 34 heavy (non-hydrogen) atoms. The first kappa shape index (κ1) is 23.1. The molecule has 0 fully saturated rings. The van der Waals surface area contributed by atoms with Gasteiger partial charge in [0.2, 0.25) is 5.91 Å². The Morgan fingerprint density at radius 3 is 2.91 bits per heavy atom. The third-order valence-corrected chi connectivity index (χ3v) is 5.08. The van der Waals surface area contributed by atoms with Crippen LogP contribution in [0.25, 0.3) is 10.9 Å². The van der Waals surface area contributed by atoms with Crippen LogP contribution in [0.5, 0.6) is 0 Å². The minimum absolute atomic E-state index is 0.0168. The third kappa shape index (κ3) is 6.45. The summed E-state index contributed by atoms with van der Waals surface area (Å²) < 4.78 is 7.86. The average Bonchev–Trinajstić information content (AvgIpc) is 3.33. The monoisotopic (exact) mass is 521 g/mol. The number of rotatable bonds is 9. The summed E-state index contributed by atoms with van der Waals surface area (Å²) in [4.78, 5) is 40.7. The first-order valence-electron chi connectivity index (χ1n) is 10.3. The number of halogens is 1. The number of hydrogen-bond donors (Lipinski definition) is 2. The van der Waals surface area contributed by atoms with E-state index in [1.807, 2.05) is 24.3 Å². The summed E-state index contributed by atoms with van der Waals surface area (Å²) in [5.74, 6) is 0.0666. The number of pyridine rings is 1. The number of aromatic nitrogens is 5. The van der Waals surface area contributed by atoms with E-state index >= 15 is 0 Å². The quantitative estimate of drug-likeness (QED) is 0.251. The molecule has 3 aromatic heterocycles. The van der Waals surface area contributed by atoms with E-state index in [0.29, 0.717) is 29.1 Å². The van der Waals surface area contributed by atoms with E-state index in [1.165, 1.54) is 18.5 Å². The van der Waals surface area contributed by atoms with Crippen LogP contribution in [0.3, 0.4) is 0 Å². The highest BCUT2D eigenvalue weighted by Gasteiger charge is 2.08. The molecule has 0 aliphatic carbocycles. The lowest BCUT2D eigenvalue weighted by Crippen LogP contribution is -2.11. The molecule has 1 aromatic carbocycles. The number of hydrogen-bond acceptors (Lipinski definition) is 8. The van der Waals surface area contributed by atoms with Crippen LogP contribution in [0.1, 0.15) is 6.42 Å². The van der Waals surface area contributed by atoms with Crippen molar-refractivity contribution in [3.63, 3.8) is 0 Å². The van der Waals surface area contributed by atoms with Gasteiger partial charge in [0.1, 0.15) is 24.6 Å². The van der Waals surface area contributed by atoms with Crippen molar-refractivity contribution in [2.24, 2.45) is 0 Å². The summed E-state index contributed by atoms with van der Waals surface area (Å²) in [5, 5.41) is 6.62.